The van der Waals surface area contributed by atoms with Gasteiger partial charge < -0.3 is 15.0 Å². The molecule has 3 fully saturated rings. The summed E-state index contributed by atoms with van der Waals surface area (Å²) in [5, 5.41) is 12.5. The molecule has 6 rings (SSSR count). The highest BCUT2D eigenvalue weighted by Crippen LogP contribution is 2.35. The van der Waals surface area contributed by atoms with Crippen molar-refractivity contribution in [1.29, 1.82) is 0 Å². The summed E-state index contributed by atoms with van der Waals surface area (Å²) in [4.78, 5) is 2.39. The van der Waals surface area contributed by atoms with Gasteiger partial charge in [0.15, 0.2) is 0 Å². The van der Waals surface area contributed by atoms with Gasteiger partial charge in [0.25, 0.3) is 0 Å². The Hall–Kier alpha value is -2.87. The zero-order chi connectivity index (χ0) is 21.6. The molecular weight excluding hydrogens is 405 g/mol. The second kappa shape index (κ2) is 7.67. The summed E-state index contributed by atoms with van der Waals surface area (Å²) in [5.41, 5.74) is 2.49. The number of morpholine rings is 1. The van der Waals surface area contributed by atoms with E-state index in [2.05, 4.69) is 32.5 Å². The Kier molecular flexibility index (Phi) is 4.97. The summed E-state index contributed by atoms with van der Waals surface area (Å²) in [6, 6.07) is 11.5. The molecule has 3 aliphatic heterocycles. The van der Waals surface area contributed by atoms with Gasteiger partial charge in [-0.2, -0.15) is 23.4 Å². The van der Waals surface area contributed by atoms with Crippen LogP contribution in [0.15, 0.2) is 48.7 Å². The maximum Gasteiger partial charge on any atom is 0.416 e. The van der Waals surface area contributed by atoms with E-state index in [1.807, 2.05) is 13.0 Å². The van der Waals surface area contributed by atoms with Crippen molar-refractivity contribution in [1.82, 2.24) is 10.2 Å². The van der Waals surface area contributed by atoms with Crippen LogP contribution in [0.1, 0.15) is 36.9 Å². The average molecular weight is 428 g/mol. The van der Waals surface area contributed by atoms with E-state index in [0.29, 0.717) is 11.6 Å². The second-order valence-electron chi connectivity index (χ2n) is 8.29. The number of hydrogen-bond acceptors (Lipinski definition) is 5. The lowest BCUT2D eigenvalue weighted by Gasteiger charge is -2.46. The summed E-state index contributed by atoms with van der Waals surface area (Å²) >= 11 is 0. The van der Waals surface area contributed by atoms with Crippen molar-refractivity contribution < 1.29 is 17.9 Å². The van der Waals surface area contributed by atoms with E-state index >= 15 is 0 Å². The van der Waals surface area contributed by atoms with Gasteiger partial charge in [0.2, 0.25) is 0 Å². The average Bonchev–Trinajstić information content (AvgIpc) is 2.79. The Morgan fingerprint density at radius 3 is 2.74 bits per heavy atom. The van der Waals surface area contributed by atoms with Crippen LogP contribution in [0.3, 0.4) is 0 Å². The minimum atomic E-state index is -4.37. The lowest BCUT2D eigenvalue weighted by Crippen LogP contribution is -2.54. The highest BCUT2D eigenvalue weighted by molar-refractivity contribution is 5.93. The molecule has 2 unspecified atom stereocenters. The van der Waals surface area contributed by atoms with Gasteiger partial charge in [-0.15, -0.1) is 0 Å². The van der Waals surface area contributed by atoms with Crippen LogP contribution < -0.4 is 10.2 Å². The van der Waals surface area contributed by atoms with Crippen molar-refractivity contribution >= 4 is 22.3 Å². The Morgan fingerprint density at radius 1 is 1.16 bits per heavy atom. The van der Waals surface area contributed by atoms with Crippen LogP contribution in [-0.2, 0) is 10.9 Å². The van der Waals surface area contributed by atoms with Crippen LogP contribution in [-0.4, -0.2) is 35.5 Å². The SMILES string of the molecule is C[C@@H](Nc1cnnc2ccc(N3CC4CCC3CO4)cc12)c1cccc(C(F)(F)F)c1. The Labute approximate surface area is 178 Å². The normalized spacial score (nSPS) is 22.0. The fraction of sp³-hybridized carbons (Fsp3) is 0.391. The van der Waals surface area contributed by atoms with Gasteiger partial charge in [-0.05, 0) is 55.7 Å². The molecule has 5 nitrogen and oxygen atoms in total. The number of benzene rings is 2. The van der Waals surface area contributed by atoms with Gasteiger partial charge in [0.1, 0.15) is 0 Å². The molecule has 2 aromatic carbocycles. The lowest BCUT2D eigenvalue weighted by molar-refractivity contribution is -0.137. The lowest BCUT2D eigenvalue weighted by atomic mass is 9.96. The minimum Gasteiger partial charge on any atom is -0.377 e. The number of hydrogen-bond donors (Lipinski definition) is 1. The summed E-state index contributed by atoms with van der Waals surface area (Å²) in [6.45, 7) is 3.46. The van der Waals surface area contributed by atoms with E-state index in [9.17, 15) is 13.2 Å². The quantitative estimate of drug-likeness (QED) is 0.620. The number of halogens is 3. The van der Waals surface area contributed by atoms with E-state index in [4.69, 9.17) is 4.74 Å². The number of alkyl halides is 3. The summed E-state index contributed by atoms with van der Waals surface area (Å²) in [5.74, 6) is 0. The first kappa shape index (κ1) is 20.1. The molecule has 0 spiro atoms. The molecule has 0 saturated carbocycles. The molecule has 0 amide bonds. The molecule has 3 saturated heterocycles. The molecule has 4 heterocycles. The maximum absolute atomic E-state index is 13.1. The van der Waals surface area contributed by atoms with Crippen LogP contribution in [0.25, 0.3) is 10.9 Å². The number of nitrogens with one attached hydrogen (secondary N) is 1. The molecule has 3 atom stereocenters. The third-order valence-electron chi connectivity index (χ3n) is 6.23. The van der Waals surface area contributed by atoms with E-state index in [1.165, 1.54) is 12.1 Å². The molecule has 1 aromatic heterocycles. The number of fused-ring (bicyclic) bond motifs is 4. The number of rotatable bonds is 4. The van der Waals surface area contributed by atoms with Gasteiger partial charge in [-0.25, -0.2) is 0 Å². The highest BCUT2D eigenvalue weighted by atomic mass is 19.4. The molecule has 31 heavy (non-hydrogen) atoms. The Balaban J connectivity index is 1.45. The zero-order valence-corrected chi connectivity index (χ0v) is 17.1. The fourth-order valence-electron chi connectivity index (χ4n) is 4.51. The first-order valence-corrected chi connectivity index (χ1v) is 10.5. The smallest absolute Gasteiger partial charge is 0.377 e. The predicted octanol–water partition coefficient (Wildman–Crippen LogP) is 5.19. The third kappa shape index (κ3) is 3.92. The first-order chi connectivity index (χ1) is 14.9. The number of aromatic nitrogens is 2. The molecule has 1 N–H and O–H groups in total. The standard InChI is InChI=1S/C23H23F3N4O/c1-14(15-3-2-4-16(9-15)23(24,25)26)28-22-11-27-29-21-8-6-17(10-20(21)22)30-12-19-7-5-18(30)13-31-19/h2-4,6,8-11,14,18-19H,5,7,12-13H2,1H3,(H,28,29)/t14-,18?,19?/m1/s1. The molecule has 8 heteroatoms. The second-order valence-corrected chi connectivity index (χ2v) is 8.29. The van der Waals surface area contributed by atoms with Crippen molar-refractivity contribution in [2.75, 3.05) is 23.4 Å². The van der Waals surface area contributed by atoms with E-state index in [1.54, 1.807) is 12.3 Å². The Bertz CT molecular complexity index is 1100. The van der Waals surface area contributed by atoms with E-state index in [0.717, 1.165) is 54.3 Å². The van der Waals surface area contributed by atoms with E-state index < -0.39 is 11.7 Å². The molecule has 3 aromatic rings. The van der Waals surface area contributed by atoms with Crippen LogP contribution in [0, 0.1) is 0 Å². The summed E-state index contributed by atoms with van der Waals surface area (Å²) < 4.78 is 45.1. The largest absolute Gasteiger partial charge is 0.416 e. The van der Waals surface area contributed by atoms with Crippen LogP contribution >= 0.6 is 0 Å². The molecule has 2 bridgehead atoms. The first-order valence-electron chi connectivity index (χ1n) is 10.5. The van der Waals surface area contributed by atoms with Crippen LogP contribution in [0.5, 0.6) is 0 Å². The van der Waals surface area contributed by atoms with Crippen molar-refractivity contribution in [2.45, 2.75) is 44.1 Å². The molecule has 0 radical (unpaired) electrons. The molecular formula is C23H23F3N4O. The van der Waals surface area contributed by atoms with Crippen molar-refractivity contribution in [3.63, 3.8) is 0 Å². The van der Waals surface area contributed by atoms with Gasteiger partial charge in [-0.3, -0.25) is 0 Å². The van der Waals surface area contributed by atoms with Gasteiger partial charge in [-0.1, -0.05) is 12.1 Å². The monoisotopic (exact) mass is 428 g/mol. The van der Waals surface area contributed by atoms with Gasteiger partial charge in [0, 0.05) is 23.7 Å². The number of nitrogens with zero attached hydrogens (tertiary/aromatic N) is 3. The van der Waals surface area contributed by atoms with Crippen molar-refractivity contribution in [3.8, 4) is 0 Å². The number of ether oxygens (including phenoxy) is 1. The number of anilines is 2. The van der Waals surface area contributed by atoms with Gasteiger partial charge in [0.05, 0.1) is 41.7 Å². The van der Waals surface area contributed by atoms with Crippen molar-refractivity contribution in [3.05, 3.63) is 59.8 Å². The minimum absolute atomic E-state index is 0.273. The maximum atomic E-state index is 13.1. The Morgan fingerprint density at radius 2 is 2.03 bits per heavy atom. The summed E-state index contributed by atoms with van der Waals surface area (Å²) in [7, 11) is 0. The summed E-state index contributed by atoms with van der Waals surface area (Å²) in [6.07, 6.45) is -0.250. The van der Waals surface area contributed by atoms with Crippen LogP contribution in [0.4, 0.5) is 24.5 Å². The topological polar surface area (TPSA) is 50.3 Å². The zero-order valence-electron chi connectivity index (χ0n) is 17.1. The van der Waals surface area contributed by atoms with Gasteiger partial charge >= 0.3 is 6.18 Å². The molecule has 3 aliphatic rings. The highest BCUT2D eigenvalue weighted by Gasteiger charge is 2.35. The molecule has 0 aliphatic carbocycles. The fourth-order valence-corrected chi connectivity index (χ4v) is 4.51. The third-order valence-corrected chi connectivity index (χ3v) is 6.23. The molecule has 162 valence electrons. The van der Waals surface area contributed by atoms with Crippen LogP contribution in [0.2, 0.25) is 0 Å². The van der Waals surface area contributed by atoms with Crippen molar-refractivity contribution in [2.24, 2.45) is 0 Å². The van der Waals surface area contributed by atoms with E-state index in [-0.39, 0.29) is 12.1 Å². The number of piperidine rings is 1. The predicted molar refractivity (Wildman–Crippen MR) is 113 cm³/mol.